The first-order chi connectivity index (χ1) is 9.99. The van der Waals surface area contributed by atoms with E-state index in [1.807, 2.05) is 6.92 Å². The van der Waals surface area contributed by atoms with Gasteiger partial charge in [-0.15, -0.1) is 0 Å². The zero-order chi connectivity index (χ0) is 14.8. The molecule has 1 aromatic carbocycles. The molecule has 3 N–H and O–H groups in total. The van der Waals surface area contributed by atoms with Crippen molar-refractivity contribution in [3.05, 3.63) is 40.8 Å². The quantitative estimate of drug-likeness (QED) is 0.904. The van der Waals surface area contributed by atoms with E-state index >= 15 is 0 Å². The fourth-order valence-corrected chi connectivity index (χ4v) is 3.23. The van der Waals surface area contributed by atoms with Crippen LogP contribution in [0, 0.1) is 26.7 Å². The Kier molecular flexibility index (Phi) is 2.39. The third-order valence-corrected chi connectivity index (χ3v) is 4.85. The van der Waals surface area contributed by atoms with Crippen molar-refractivity contribution in [3.63, 3.8) is 0 Å². The Bertz CT molecular complexity index is 745. The Morgan fingerprint density at radius 1 is 1.19 bits per heavy atom. The summed E-state index contributed by atoms with van der Waals surface area (Å²) in [5, 5.41) is 3.39. The zero-order valence-electron chi connectivity index (χ0n) is 12.7. The maximum Gasteiger partial charge on any atom is 0.157 e. The summed E-state index contributed by atoms with van der Waals surface area (Å²) in [6, 6.07) is 6.33. The summed E-state index contributed by atoms with van der Waals surface area (Å²) in [6.45, 7) is 6.13. The minimum atomic E-state index is 0.302. The summed E-state index contributed by atoms with van der Waals surface area (Å²) >= 11 is 0. The summed E-state index contributed by atoms with van der Waals surface area (Å²) in [5.41, 5.74) is 11.9. The molecule has 2 aliphatic rings. The molecule has 0 unspecified atom stereocenters. The van der Waals surface area contributed by atoms with Crippen LogP contribution in [0.2, 0.25) is 0 Å². The summed E-state index contributed by atoms with van der Waals surface area (Å²) in [5.74, 6) is 2.36. The van der Waals surface area contributed by atoms with Crippen LogP contribution in [0.3, 0.4) is 0 Å². The van der Waals surface area contributed by atoms with Crippen LogP contribution in [0.1, 0.15) is 35.5 Å². The van der Waals surface area contributed by atoms with Gasteiger partial charge in [0.1, 0.15) is 5.82 Å². The second kappa shape index (κ2) is 3.97. The minimum absolute atomic E-state index is 0.302. The number of aryl methyl sites for hydroxylation is 3. The average Bonchev–Trinajstić information content (AvgIpc) is 3.26. The molecule has 1 aromatic heterocycles. The Morgan fingerprint density at radius 2 is 1.90 bits per heavy atom. The molecule has 0 atom stereocenters. The van der Waals surface area contributed by atoms with Crippen LogP contribution >= 0.6 is 0 Å². The van der Waals surface area contributed by atoms with Crippen LogP contribution < -0.4 is 11.1 Å². The van der Waals surface area contributed by atoms with E-state index in [0.29, 0.717) is 5.41 Å². The molecule has 2 saturated carbocycles. The molecule has 2 aromatic rings. The van der Waals surface area contributed by atoms with E-state index in [1.165, 1.54) is 24.0 Å². The average molecular weight is 280 g/mol. The number of fused-ring (bicyclic) bond motifs is 1. The lowest BCUT2D eigenvalue weighted by Gasteiger charge is -2.15. The Morgan fingerprint density at radius 3 is 2.52 bits per heavy atom. The van der Waals surface area contributed by atoms with Crippen molar-refractivity contribution < 1.29 is 0 Å². The molecule has 0 amide bonds. The third-order valence-electron chi connectivity index (χ3n) is 4.85. The molecule has 21 heavy (non-hydrogen) atoms. The maximum absolute atomic E-state index is 6.35. The molecular formula is C17H20N4. The number of nitrogen functional groups attached to an aromatic ring is 1. The van der Waals surface area contributed by atoms with E-state index in [9.17, 15) is 0 Å². The predicted molar refractivity (Wildman–Crippen MR) is 84.8 cm³/mol. The number of nitrogens with one attached hydrogen (secondary N) is 1. The number of rotatable bonds is 3. The Hall–Kier alpha value is -2.10. The second-order valence-corrected chi connectivity index (χ2v) is 6.59. The number of nitrogens with two attached hydrogens (primary N) is 1. The number of benzene rings is 1. The van der Waals surface area contributed by atoms with E-state index < -0.39 is 0 Å². The van der Waals surface area contributed by atoms with Crippen LogP contribution in [-0.4, -0.2) is 9.97 Å². The maximum atomic E-state index is 6.35. The monoisotopic (exact) mass is 280 g/mol. The van der Waals surface area contributed by atoms with Gasteiger partial charge in [-0.05, 0) is 51.2 Å². The summed E-state index contributed by atoms with van der Waals surface area (Å²) < 4.78 is 0. The molecule has 4 heteroatoms. The summed E-state index contributed by atoms with van der Waals surface area (Å²) in [4.78, 5) is 9.12. The highest BCUT2D eigenvalue weighted by Crippen LogP contribution is 2.76. The number of nitrogens with zero attached hydrogens (tertiary/aromatic N) is 2. The lowest BCUT2D eigenvalue weighted by atomic mass is 10.1. The van der Waals surface area contributed by atoms with Crippen molar-refractivity contribution in [2.24, 2.45) is 5.92 Å². The SMILES string of the molecule is Cc1ccc(Nc2nc(C)nc(C34CC3C4)c2N)c(C)c1. The van der Waals surface area contributed by atoms with Gasteiger partial charge in [0.25, 0.3) is 0 Å². The van der Waals surface area contributed by atoms with Gasteiger partial charge in [-0.1, -0.05) is 17.7 Å². The number of hydrogen-bond acceptors (Lipinski definition) is 4. The van der Waals surface area contributed by atoms with Gasteiger partial charge in [-0.3, -0.25) is 0 Å². The minimum Gasteiger partial charge on any atom is -0.394 e. The molecule has 0 aliphatic heterocycles. The lowest BCUT2D eigenvalue weighted by molar-refractivity contribution is 0.784. The van der Waals surface area contributed by atoms with Gasteiger partial charge >= 0.3 is 0 Å². The van der Waals surface area contributed by atoms with Gasteiger partial charge in [0.05, 0.1) is 11.4 Å². The second-order valence-electron chi connectivity index (χ2n) is 6.59. The van der Waals surface area contributed by atoms with Crippen LogP contribution in [0.15, 0.2) is 18.2 Å². The highest BCUT2D eigenvalue weighted by molar-refractivity contribution is 5.74. The van der Waals surface area contributed by atoms with Gasteiger partial charge in [-0.25, -0.2) is 9.97 Å². The predicted octanol–water partition coefficient (Wildman–Crippen LogP) is 3.39. The molecule has 4 rings (SSSR count). The van der Waals surface area contributed by atoms with Crippen molar-refractivity contribution in [3.8, 4) is 0 Å². The van der Waals surface area contributed by atoms with Crippen molar-refractivity contribution in [2.45, 2.75) is 39.0 Å². The normalized spacial score (nSPS) is 25.4. The first-order valence-corrected chi connectivity index (χ1v) is 7.48. The highest BCUT2D eigenvalue weighted by Gasteiger charge is 2.72. The summed E-state index contributed by atoms with van der Waals surface area (Å²) in [7, 11) is 0. The molecule has 0 spiro atoms. The number of hydrogen-bond donors (Lipinski definition) is 2. The van der Waals surface area contributed by atoms with Crippen molar-refractivity contribution in [1.82, 2.24) is 9.97 Å². The Labute approximate surface area is 124 Å². The molecule has 1 heterocycles. The number of anilines is 3. The first-order valence-electron chi connectivity index (χ1n) is 7.48. The van der Waals surface area contributed by atoms with Gasteiger partial charge in [-0.2, -0.15) is 0 Å². The molecule has 0 radical (unpaired) electrons. The molecule has 0 saturated heterocycles. The molecule has 4 nitrogen and oxygen atoms in total. The molecule has 108 valence electrons. The topological polar surface area (TPSA) is 63.8 Å². The third kappa shape index (κ3) is 1.89. The molecule has 2 aliphatic carbocycles. The van der Waals surface area contributed by atoms with Crippen LogP contribution in [0.4, 0.5) is 17.2 Å². The van der Waals surface area contributed by atoms with Crippen LogP contribution in [0.25, 0.3) is 0 Å². The number of aromatic nitrogens is 2. The molecular weight excluding hydrogens is 260 g/mol. The molecule has 2 fully saturated rings. The summed E-state index contributed by atoms with van der Waals surface area (Å²) in [6.07, 6.45) is 2.49. The first kappa shape index (κ1) is 12.6. The van der Waals surface area contributed by atoms with Crippen LogP contribution in [-0.2, 0) is 5.41 Å². The van der Waals surface area contributed by atoms with E-state index in [4.69, 9.17) is 5.73 Å². The largest absolute Gasteiger partial charge is 0.394 e. The van der Waals surface area contributed by atoms with E-state index in [1.54, 1.807) is 0 Å². The Balaban J connectivity index is 1.73. The smallest absolute Gasteiger partial charge is 0.157 e. The van der Waals surface area contributed by atoms with Crippen molar-refractivity contribution >= 4 is 17.2 Å². The van der Waals surface area contributed by atoms with Gasteiger partial charge < -0.3 is 11.1 Å². The van der Waals surface area contributed by atoms with E-state index in [0.717, 1.165) is 34.6 Å². The van der Waals surface area contributed by atoms with Crippen molar-refractivity contribution in [1.29, 1.82) is 0 Å². The fourth-order valence-electron chi connectivity index (χ4n) is 3.23. The van der Waals surface area contributed by atoms with Gasteiger partial charge in [0.15, 0.2) is 5.82 Å². The van der Waals surface area contributed by atoms with E-state index in [-0.39, 0.29) is 0 Å². The van der Waals surface area contributed by atoms with Gasteiger partial charge in [0.2, 0.25) is 0 Å². The fraction of sp³-hybridized carbons (Fsp3) is 0.412. The standard InChI is InChI=1S/C17H20N4/c1-9-4-5-13(10(2)6-9)21-16-14(18)15(19-11(3)20-16)17-7-12(17)8-17/h4-6,12H,7-8,18H2,1-3H3,(H,19,20,21). The lowest BCUT2D eigenvalue weighted by Crippen LogP contribution is -2.11. The van der Waals surface area contributed by atoms with E-state index in [2.05, 4.69) is 47.3 Å². The van der Waals surface area contributed by atoms with Crippen molar-refractivity contribution in [2.75, 3.05) is 11.1 Å². The van der Waals surface area contributed by atoms with Gasteiger partial charge in [0, 0.05) is 11.1 Å². The highest BCUT2D eigenvalue weighted by atomic mass is 15.1. The van der Waals surface area contributed by atoms with Crippen LogP contribution in [0.5, 0.6) is 0 Å². The molecule has 0 bridgehead atoms. The zero-order valence-corrected chi connectivity index (χ0v) is 12.7.